The first-order chi connectivity index (χ1) is 13.4. The second-order valence-corrected chi connectivity index (χ2v) is 7.04. The van der Waals surface area contributed by atoms with Crippen molar-refractivity contribution in [3.8, 4) is 11.5 Å². The molecule has 3 aromatic rings. The molecule has 0 atom stereocenters. The second kappa shape index (κ2) is 7.92. The van der Waals surface area contributed by atoms with Crippen molar-refractivity contribution >= 4 is 22.4 Å². The zero-order chi connectivity index (χ0) is 20.4. The van der Waals surface area contributed by atoms with Gasteiger partial charge in [0.25, 0.3) is 0 Å². The number of benzene rings is 2. The summed E-state index contributed by atoms with van der Waals surface area (Å²) in [5.41, 5.74) is 8.17. The first-order valence-corrected chi connectivity index (χ1v) is 9.19. The molecule has 6 N–H and O–H groups in total. The minimum atomic E-state index is -0.425. The van der Waals surface area contributed by atoms with Gasteiger partial charge in [-0.05, 0) is 41.8 Å². The Morgan fingerprint density at radius 2 is 1.89 bits per heavy atom. The highest BCUT2D eigenvalue weighted by atomic mass is 16.3. The van der Waals surface area contributed by atoms with Crippen LogP contribution in [-0.4, -0.2) is 39.0 Å². The molecule has 0 amide bonds. The number of fused-ring (bicyclic) bond motifs is 1. The average molecular weight is 382 g/mol. The minimum Gasteiger partial charge on any atom is -0.508 e. The van der Waals surface area contributed by atoms with Gasteiger partial charge in [-0.15, -0.1) is 0 Å². The Morgan fingerprint density at radius 1 is 1.14 bits per heavy atom. The fourth-order valence-corrected chi connectivity index (χ4v) is 3.36. The second-order valence-electron chi connectivity index (χ2n) is 7.04. The van der Waals surface area contributed by atoms with Crippen LogP contribution in [0.4, 0.5) is 5.69 Å². The fraction of sp³-hybridized carbons (Fsp3) is 0.286. The quantitative estimate of drug-likeness (QED) is 0.255. The van der Waals surface area contributed by atoms with Crippen molar-refractivity contribution < 1.29 is 15.3 Å². The van der Waals surface area contributed by atoms with E-state index in [1.165, 1.54) is 11.0 Å². The number of hydrogen-bond acceptors (Lipinski definition) is 5. The summed E-state index contributed by atoms with van der Waals surface area (Å²) in [4.78, 5) is 1.40. The third-order valence-electron chi connectivity index (χ3n) is 4.87. The van der Waals surface area contributed by atoms with Crippen LogP contribution in [0.2, 0.25) is 0 Å². The van der Waals surface area contributed by atoms with Crippen LogP contribution in [-0.2, 0) is 6.54 Å². The predicted octanol–water partition coefficient (Wildman–Crippen LogP) is 2.92. The molecule has 0 saturated carbocycles. The standard InChI is InChI=1S/C21H26N4O3/c1-13(2)16-10-17(20(28)11-19(16)27)21(23)25(12-26)15-3-4-18-14(9-15)5-7-24(18)8-6-22/h3-5,7,9-11,13,23,26-28H,6,8,12,22H2,1-2H3. The van der Waals surface area contributed by atoms with E-state index in [4.69, 9.17) is 11.1 Å². The summed E-state index contributed by atoms with van der Waals surface area (Å²) in [7, 11) is 0. The lowest BCUT2D eigenvalue weighted by Crippen LogP contribution is -2.32. The molecule has 7 nitrogen and oxygen atoms in total. The molecular weight excluding hydrogens is 356 g/mol. The van der Waals surface area contributed by atoms with Crippen LogP contribution < -0.4 is 10.6 Å². The molecule has 0 spiro atoms. The maximum absolute atomic E-state index is 10.3. The van der Waals surface area contributed by atoms with Gasteiger partial charge in [0, 0.05) is 41.9 Å². The van der Waals surface area contributed by atoms with Crippen molar-refractivity contribution in [2.45, 2.75) is 26.3 Å². The van der Waals surface area contributed by atoms with Gasteiger partial charge in [-0.25, -0.2) is 0 Å². The maximum atomic E-state index is 10.3. The predicted molar refractivity (Wildman–Crippen MR) is 111 cm³/mol. The summed E-state index contributed by atoms with van der Waals surface area (Å²) in [6.07, 6.45) is 1.95. The van der Waals surface area contributed by atoms with E-state index in [1.54, 1.807) is 6.07 Å². The number of nitrogens with one attached hydrogen (secondary N) is 1. The van der Waals surface area contributed by atoms with E-state index in [9.17, 15) is 15.3 Å². The summed E-state index contributed by atoms with van der Waals surface area (Å²) in [6, 6.07) is 10.4. The number of nitrogens with two attached hydrogens (primary N) is 1. The lowest BCUT2D eigenvalue weighted by Gasteiger charge is -2.24. The SMILES string of the molecule is CC(C)c1cc(C(=N)N(CO)c2ccc3c(ccn3CCN)c2)c(O)cc1O. The van der Waals surface area contributed by atoms with Crippen LogP contribution in [0.25, 0.3) is 10.9 Å². The molecule has 0 aliphatic heterocycles. The molecule has 2 aromatic carbocycles. The Labute approximate surface area is 163 Å². The molecule has 0 aliphatic carbocycles. The number of nitrogens with zero attached hydrogens (tertiary/aromatic N) is 2. The molecule has 0 bridgehead atoms. The number of aromatic nitrogens is 1. The Balaban J connectivity index is 2.00. The fourth-order valence-electron chi connectivity index (χ4n) is 3.36. The molecule has 0 fully saturated rings. The molecule has 1 aromatic heterocycles. The molecular formula is C21H26N4O3. The van der Waals surface area contributed by atoms with Crippen molar-refractivity contribution in [2.75, 3.05) is 18.2 Å². The van der Waals surface area contributed by atoms with Gasteiger partial charge in [0.1, 0.15) is 24.1 Å². The van der Waals surface area contributed by atoms with E-state index < -0.39 is 6.73 Å². The number of aromatic hydroxyl groups is 2. The Hall–Kier alpha value is -3.03. The molecule has 148 valence electrons. The maximum Gasteiger partial charge on any atom is 0.138 e. The number of rotatable bonds is 6. The Morgan fingerprint density at radius 3 is 2.54 bits per heavy atom. The first kappa shape index (κ1) is 19.7. The monoisotopic (exact) mass is 382 g/mol. The van der Waals surface area contributed by atoms with E-state index in [0.717, 1.165) is 10.9 Å². The van der Waals surface area contributed by atoms with Gasteiger partial charge in [-0.1, -0.05) is 13.8 Å². The number of aliphatic hydroxyl groups is 1. The zero-order valence-corrected chi connectivity index (χ0v) is 16.1. The Bertz CT molecular complexity index is 1010. The zero-order valence-electron chi connectivity index (χ0n) is 16.1. The third kappa shape index (κ3) is 3.54. The summed E-state index contributed by atoms with van der Waals surface area (Å²) >= 11 is 0. The van der Waals surface area contributed by atoms with E-state index in [2.05, 4.69) is 4.57 Å². The molecule has 3 rings (SSSR count). The molecule has 0 unspecified atom stereocenters. The van der Waals surface area contributed by atoms with Gasteiger partial charge in [0.05, 0.1) is 5.56 Å². The van der Waals surface area contributed by atoms with Crippen LogP contribution in [0.15, 0.2) is 42.6 Å². The van der Waals surface area contributed by atoms with Crippen LogP contribution in [0.1, 0.15) is 30.9 Å². The highest BCUT2D eigenvalue weighted by Crippen LogP contribution is 2.34. The average Bonchev–Trinajstić information content (AvgIpc) is 3.04. The van der Waals surface area contributed by atoms with E-state index in [-0.39, 0.29) is 28.8 Å². The number of phenols is 2. The third-order valence-corrected chi connectivity index (χ3v) is 4.87. The highest BCUT2D eigenvalue weighted by molar-refractivity contribution is 6.10. The number of phenolic OH excluding ortho intramolecular Hbond substituents is 2. The minimum absolute atomic E-state index is 0.0118. The molecule has 0 aliphatic rings. The summed E-state index contributed by atoms with van der Waals surface area (Å²) in [5.74, 6) is -0.251. The van der Waals surface area contributed by atoms with Crippen molar-refractivity contribution in [3.05, 3.63) is 53.7 Å². The van der Waals surface area contributed by atoms with Crippen LogP contribution in [0, 0.1) is 5.41 Å². The van der Waals surface area contributed by atoms with Crippen molar-refractivity contribution in [3.63, 3.8) is 0 Å². The smallest absolute Gasteiger partial charge is 0.138 e. The van der Waals surface area contributed by atoms with Gasteiger partial charge >= 0.3 is 0 Å². The van der Waals surface area contributed by atoms with Gasteiger partial charge in [-0.3, -0.25) is 5.41 Å². The topological polar surface area (TPSA) is 119 Å². The highest BCUT2D eigenvalue weighted by Gasteiger charge is 2.20. The van der Waals surface area contributed by atoms with Crippen molar-refractivity contribution in [1.82, 2.24) is 4.57 Å². The number of anilines is 1. The van der Waals surface area contributed by atoms with E-state index >= 15 is 0 Å². The van der Waals surface area contributed by atoms with Crippen molar-refractivity contribution in [1.29, 1.82) is 5.41 Å². The summed E-state index contributed by atoms with van der Waals surface area (Å²) < 4.78 is 2.05. The first-order valence-electron chi connectivity index (χ1n) is 9.19. The number of hydrogen-bond donors (Lipinski definition) is 5. The van der Waals surface area contributed by atoms with Gasteiger partial charge in [0.15, 0.2) is 0 Å². The molecule has 28 heavy (non-hydrogen) atoms. The molecule has 0 radical (unpaired) electrons. The largest absolute Gasteiger partial charge is 0.508 e. The van der Waals surface area contributed by atoms with Gasteiger partial charge < -0.3 is 30.5 Å². The number of aliphatic hydroxyl groups excluding tert-OH is 1. The molecule has 1 heterocycles. The lowest BCUT2D eigenvalue weighted by molar-refractivity contribution is 0.307. The van der Waals surface area contributed by atoms with Gasteiger partial charge in [0.2, 0.25) is 0 Å². The lowest BCUT2D eigenvalue weighted by atomic mass is 9.98. The van der Waals surface area contributed by atoms with Crippen molar-refractivity contribution in [2.24, 2.45) is 5.73 Å². The number of amidine groups is 1. The Kier molecular flexibility index (Phi) is 5.58. The summed E-state index contributed by atoms with van der Waals surface area (Å²) in [5, 5.41) is 39.8. The van der Waals surface area contributed by atoms with Crippen LogP contribution in [0.3, 0.4) is 0 Å². The van der Waals surface area contributed by atoms with E-state index in [1.807, 2.05) is 44.3 Å². The molecule has 0 saturated heterocycles. The van der Waals surface area contributed by atoms with Crippen LogP contribution in [0.5, 0.6) is 11.5 Å². The van der Waals surface area contributed by atoms with E-state index in [0.29, 0.717) is 24.3 Å². The normalized spacial score (nSPS) is 11.3. The molecule has 7 heteroatoms. The van der Waals surface area contributed by atoms with Gasteiger partial charge in [-0.2, -0.15) is 0 Å². The summed E-state index contributed by atoms with van der Waals surface area (Å²) in [6.45, 7) is 4.66. The van der Waals surface area contributed by atoms with Crippen LogP contribution >= 0.6 is 0 Å².